The summed E-state index contributed by atoms with van der Waals surface area (Å²) in [5.74, 6) is 6.46. The van der Waals surface area contributed by atoms with Crippen LogP contribution in [-0.4, -0.2) is 19.3 Å². The molecule has 1 saturated carbocycles. The Hall–Kier alpha value is -0.120. The van der Waals surface area contributed by atoms with Crippen molar-refractivity contribution in [3.63, 3.8) is 0 Å². The van der Waals surface area contributed by atoms with Gasteiger partial charge in [-0.05, 0) is 25.7 Å². The molecule has 0 heterocycles. The molecule has 0 bridgehead atoms. The zero-order chi connectivity index (χ0) is 10.9. The van der Waals surface area contributed by atoms with Gasteiger partial charge in [0.05, 0.1) is 0 Å². The van der Waals surface area contributed by atoms with Gasteiger partial charge >= 0.3 is 0 Å². The van der Waals surface area contributed by atoms with E-state index < -0.39 is 0 Å². The standard InChI is InChI=1S/C12H26N2O/c1-2-15-9-8-12(14-13)10-11-6-4-3-5-7-11/h11-12,14H,2-10,13H2,1H3. The van der Waals surface area contributed by atoms with Crippen molar-refractivity contribution < 1.29 is 4.74 Å². The van der Waals surface area contributed by atoms with Crippen molar-refractivity contribution >= 4 is 0 Å². The highest BCUT2D eigenvalue weighted by Crippen LogP contribution is 2.27. The molecule has 1 rings (SSSR count). The summed E-state index contributed by atoms with van der Waals surface area (Å²) in [6.45, 7) is 3.67. The second-order valence-corrected chi connectivity index (χ2v) is 4.59. The number of ether oxygens (including phenoxy) is 1. The van der Waals surface area contributed by atoms with E-state index in [4.69, 9.17) is 10.6 Å². The predicted octanol–water partition coefficient (Wildman–Crippen LogP) is 2.22. The minimum absolute atomic E-state index is 0.444. The predicted molar refractivity (Wildman–Crippen MR) is 63.4 cm³/mol. The van der Waals surface area contributed by atoms with Crippen molar-refractivity contribution in [1.82, 2.24) is 5.43 Å². The Morgan fingerprint density at radius 1 is 1.33 bits per heavy atom. The molecule has 3 N–H and O–H groups in total. The van der Waals surface area contributed by atoms with Crippen LogP contribution in [0.3, 0.4) is 0 Å². The van der Waals surface area contributed by atoms with Gasteiger partial charge in [0.1, 0.15) is 0 Å². The highest BCUT2D eigenvalue weighted by atomic mass is 16.5. The second kappa shape index (κ2) is 8.08. The van der Waals surface area contributed by atoms with E-state index in [1.165, 1.54) is 38.5 Å². The highest BCUT2D eigenvalue weighted by Gasteiger charge is 2.17. The lowest BCUT2D eigenvalue weighted by molar-refractivity contribution is 0.131. The Kier molecular flexibility index (Phi) is 6.98. The summed E-state index contributed by atoms with van der Waals surface area (Å²) in [6, 6.07) is 0.444. The summed E-state index contributed by atoms with van der Waals surface area (Å²) in [5, 5.41) is 0. The van der Waals surface area contributed by atoms with E-state index in [9.17, 15) is 0 Å². The zero-order valence-electron chi connectivity index (χ0n) is 10.0. The van der Waals surface area contributed by atoms with Gasteiger partial charge < -0.3 is 4.74 Å². The van der Waals surface area contributed by atoms with Crippen molar-refractivity contribution in [2.45, 2.75) is 57.9 Å². The number of rotatable bonds is 7. The molecule has 1 atom stereocenters. The fourth-order valence-electron chi connectivity index (χ4n) is 2.46. The van der Waals surface area contributed by atoms with Crippen molar-refractivity contribution in [3.8, 4) is 0 Å². The largest absolute Gasteiger partial charge is 0.382 e. The van der Waals surface area contributed by atoms with Crippen LogP contribution in [0.15, 0.2) is 0 Å². The molecule has 0 aromatic rings. The fraction of sp³-hybridized carbons (Fsp3) is 1.00. The maximum atomic E-state index is 5.57. The molecule has 90 valence electrons. The molecule has 1 aliphatic rings. The van der Waals surface area contributed by atoms with Gasteiger partial charge in [0.2, 0.25) is 0 Å². The summed E-state index contributed by atoms with van der Waals surface area (Å²) in [5.41, 5.74) is 2.93. The van der Waals surface area contributed by atoms with Gasteiger partial charge in [-0.2, -0.15) is 0 Å². The van der Waals surface area contributed by atoms with E-state index in [2.05, 4.69) is 5.43 Å². The molecule has 15 heavy (non-hydrogen) atoms. The molecule has 3 heteroatoms. The second-order valence-electron chi connectivity index (χ2n) is 4.59. The fourth-order valence-corrected chi connectivity index (χ4v) is 2.46. The lowest BCUT2D eigenvalue weighted by atomic mass is 9.84. The summed E-state index contributed by atoms with van der Waals surface area (Å²) >= 11 is 0. The Labute approximate surface area is 93.7 Å². The van der Waals surface area contributed by atoms with Crippen LogP contribution in [0.1, 0.15) is 51.9 Å². The van der Waals surface area contributed by atoms with Gasteiger partial charge in [-0.15, -0.1) is 0 Å². The summed E-state index contributed by atoms with van der Waals surface area (Å²) < 4.78 is 5.36. The van der Waals surface area contributed by atoms with Gasteiger partial charge in [-0.25, -0.2) is 0 Å². The molecule has 0 spiro atoms. The number of nitrogens with one attached hydrogen (secondary N) is 1. The molecule has 0 radical (unpaired) electrons. The molecule has 1 aliphatic carbocycles. The topological polar surface area (TPSA) is 47.3 Å². The maximum Gasteiger partial charge on any atom is 0.0481 e. The van der Waals surface area contributed by atoms with Crippen LogP contribution < -0.4 is 11.3 Å². The van der Waals surface area contributed by atoms with E-state index in [0.29, 0.717) is 6.04 Å². The third kappa shape index (κ3) is 5.50. The zero-order valence-corrected chi connectivity index (χ0v) is 10.0. The number of nitrogens with two attached hydrogens (primary N) is 1. The summed E-state index contributed by atoms with van der Waals surface area (Å²) in [6.07, 6.45) is 9.31. The minimum Gasteiger partial charge on any atom is -0.382 e. The molecule has 0 amide bonds. The quantitative estimate of drug-likeness (QED) is 0.388. The van der Waals surface area contributed by atoms with Gasteiger partial charge in [-0.3, -0.25) is 11.3 Å². The van der Waals surface area contributed by atoms with Gasteiger partial charge in [0.25, 0.3) is 0 Å². The van der Waals surface area contributed by atoms with E-state index in [1.54, 1.807) is 0 Å². The van der Waals surface area contributed by atoms with Crippen LogP contribution in [0, 0.1) is 5.92 Å². The first-order valence-corrected chi connectivity index (χ1v) is 6.40. The van der Waals surface area contributed by atoms with E-state index >= 15 is 0 Å². The lowest BCUT2D eigenvalue weighted by Gasteiger charge is -2.26. The normalized spacial score (nSPS) is 20.4. The van der Waals surface area contributed by atoms with Crippen molar-refractivity contribution in [2.24, 2.45) is 11.8 Å². The monoisotopic (exact) mass is 214 g/mol. The molecular formula is C12H26N2O. The van der Waals surface area contributed by atoms with Gasteiger partial charge in [0.15, 0.2) is 0 Å². The third-order valence-corrected chi connectivity index (χ3v) is 3.39. The van der Waals surface area contributed by atoms with Crippen LogP contribution in [0.4, 0.5) is 0 Å². The summed E-state index contributed by atoms with van der Waals surface area (Å²) in [4.78, 5) is 0. The van der Waals surface area contributed by atoms with Crippen LogP contribution in [0.25, 0.3) is 0 Å². The van der Waals surface area contributed by atoms with Crippen LogP contribution in [0.2, 0.25) is 0 Å². The first kappa shape index (κ1) is 12.9. The first-order chi connectivity index (χ1) is 7.36. The van der Waals surface area contributed by atoms with Crippen molar-refractivity contribution in [2.75, 3.05) is 13.2 Å². The van der Waals surface area contributed by atoms with Gasteiger partial charge in [-0.1, -0.05) is 32.1 Å². The summed E-state index contributed by atoms with van der Waals surface area (Å²) in [7, 11) is 0. The molecule has 0 saturated heterocycles. The minimum atomic E-state index is 0.444. The molecule has 1 unspecified atom stereocenters. The van der Waals surface area contributed by atoms with Crippen molar-refractivity contribution in [3.05, 3.63) is 0 Å². The molecule has 3 nitrogen and oxygen atoms in total. The Morgan fingerprint density at radius 3 is 2.67 bits per heavy atom. The average Bonchev–Trinajstić information content (AvgIpc) is 2.29. The Balaban J connectivity index is 2.13. The maximum absolute atomic E-state index is 5.57. The van der Waals surface area contributed by atoms with Crippen LogP contribution in [0.5, 0.6) is 0 Å². The molecule has 0 aromatic heterocycles. The van der Waals surface area contributed by atoms with E-state index in [-0.39, 0.29) is 0 Å². The van der Waals surface area contributed by atoms with Gasteiger partial charge in [0, 0.05) is 19.3 Å². The lowest BCUT2D eigenvalue weighted by Crippen LogP contribution is -2.37. The van der Waals surface area contributed by atoms with E-state index in [1.807, 2.05) is 6.92 Å². The number of hydrogen-bond donors (Lipinski definition) is 2. The van der Waals surface area contributed by atoms with E-state index in [0.717, 1.165) is 25.6 Å². The number of hydrazine groups is 1. The van der Waals surface area contributed by atoms with Crippen LogP contribution >= 0.6 is 0 Å². The Bertz CT molecular complexity index is 147. The smallest absolute Gasteiger partial charge is 0.0481 e. The first-order valence-electron chi connectivity index (χ1n) is 6.40. The third-order valence-electron chi connectivity index (χ3n) is 3.39. The molecule has 0 aliphatic heterocycles. The number of hydrogen-bond acceptors (Lipinski definition) is 3. The molecule has 1 fully saturated rings. The SMILES string of the molecule is CCOCCC(CC1CCCCC1)NN. The molecule has 0 aromatic carbocycles. The Morgan fingerprint density at radius 2 is 2.07 bits per heavy atom. The van der Waals surface area contributed by atoms with Crippen LogP contribution in [-0.2, 0) is 4.74 Å². The molecular weight excluding hydrogens is 188 g/mol. The highest BCUT2D eigenvalue weighted by molar-refractivity contribution is 4.73. The van der Waals surface area contributed by atoms with Crippen molar-refractivity contribution in [1.29, 1.82) is 0 Å². The average molecular weight is 214 g/mol.